The van der Waals surface area contributed by atoms with E-state index >= 15 is 0 Å². The average molecular weight is 222 g/mol. The van der Waals surface area contributed by atoms with Gasteiger partial charge in [0.1, 0.15) is 11.6 Å². The van der Waals surface area contributed by atoms with Gasteiger partial charge in [0.05, 0.1) is 13.2 Å². The summed E-state index contributed by atoms with van der Waals surface area (Å²) in [7, 11) is 0. The van der Waals surface area contributed by atoms with Gasteiger partial charge in [0.2, 0.25) is 0 Å². The van der Waals surface area contributed by atoms with Gasteiger partial charge in [0, 0.05) is 24.3 Å². The fourth-order valence-corrected chi connectivity index (χ4v) is 1.87. The molecule has 1 aliphatic carbocycles. The molecule has 5 heteroatoms. The van der Waals surface area contributed by atoms with Gasteiger partial charge in [0.15, 0.2) is 0 Å². The van der Waals surface area contributed by atoms with E-state index in [0.29, 0.717) is 24.9 Å². The highest BCUT2D eigenvalue weighted by Crippen LogP contribution is 2.27. The van der Waals surface area contributed by atoms with Crippen LogP contribution in [0, 0.1) is 6.92 Å². The van der Waals surface area contributed by atoms with E-state index in [9.17, 15) is 0 Å². The zero-order valence-corrected chi connectivity index (χ0v) is 9.56. The Morgan fingerprint density at radius 3 is 2.81 bits per heavy atom. The van der Waals surface area contributed by atoms with Crippen LogP contribution in [0.1, 0.15) is 24.4 Å². The third-order valence-electron chi connectivity index (χ3n) is 2.72. The predicted octanol–water partition coefficient (Wildman–Crippen LogP) is 0.324. The first-order valence-electron chi connectivity index (χ1n) is 5.64. The molecule has 1 aliphatic rings. The first-order valence-corrected chi connectivity index (χ1v) is 5.64. The Bertz CT molecular complexity index is 345. The average Bonchev–Trinajstić information content (AvgIpc) is 2.98. The second-order valence-corrected chi connectivity index (χ2v) is 4.28. The first kappa shape index (κ1) is 11.3. The minimum Gasteiger partial charge on any atom is -0.395 e. The molecule has 1 saturated carbocycles. The van der Waals surface area contributed by atoms with Gasteiger partial charge in [-0.2, -0.15) is 0 Å². The summed E-state index contributed by atoms with van der Waals surface area (Å²) < 4.78 is 0. The molecule has 0 radical (unpaired) electrons. The molecule has 5 nitrogen and oxygen atoms in total. The maximum Gasteiger partial charge on any atom is 0.144 e. The van der Waals surface area contributed by atoms with E-state index in [1.54, 1.807) is 6.07 Å². The van der Waals surface area contributed by atoms with Crippen molar-refractivity contribution in [2.45, 2.75) is 32.4 Å². The summed E-state index contributed by atoms with van der Waals surface area (Å²) in [5, 5.41) is 8.99. The van der Waals surface area contributed by atoms with Crippen LogP contribution in [0.3, 0.4) is 0 Å². The van der Waals surface area contributed by atoms with E-state index in [-0.39, 0.29) is 6.61 Å². The molecule has 0 spiro atoms. The molecule has 16 heavy (non-hydrogen) atoms. The fraction of sp³-hybridized carbons (Fsp3) is 0.636. The van der Waals surface area contributed by atoms with Crippen molar-refractivity contribution < 1.29 is 5.11 Å². The van der Waals surface area contributed by atoms with Crippen LogP contribution in [0.25, 0.3) is 0 Å². The van der Waals surface area contributed by atoms with Crippen molar-refractivity contribution in [3.8, 4) is 0 Å². The lowest BCUT2D eigenvalue weighted by atomic mass is 10.4. The molecular formula is C11H18N4O. The highest BCUT2D eigenvalue weighted by atomic mass is 16.3. The molecule has 1 aromatic heterocycles. The number of nitrogens with two attached hydrogens (primary N) is 1. The van der Waals surface area contributed by atoms with E-state index < -0.39 is 0 Å². The monoisotopic (exact) mass is 222 g/mol. The Labute approximate surface area is 95.3 Å². The number of hydrogen-bond donors (Lipinski definition) is 2. The van der Waals surface area contributed by atoms with Gasteiger partial charge in [-0.25, -0.2) is 9.97 Å². The fourth-order valence-electron chi connectivity index (χ4n) is 1.87. The molecule has 88 valence electrons. The number of aryl methyl sites for hydroxylation is 1. The summed E-state index contributed by atoms with van der Waals surface area (Å²) in [6, 6.07) is 2.36. The predicted molar refractivity (Wildman–Crippen MR) is 61.7 cm³/mol. The smallest absolute Gasteiger partial charge is 0.144 e. The summed E-state index contributed by atoms with van der Waals surface area (Å²) in [5.41, 5.74) is 6.57. The van der Waals surface area contributed by atoms with Gasteiger partial charge >= 0.3 is 0 Å². The minimum absolute atomic E-state index is 0.178. The van der Waals surface area contributed by atoms with Gasteiger partial charge in [-0.15, -0.1) is 0 Å². The lowest BCUT2D eigenvalue weighted by Gasteiger charge is -2.19. The van der Waals surface area contributed by atoms with Crippen molar-refractivity contribution in [1.29, 1.82) is 0 Å². The van der Waals surface area contributed by atoms with Crippen LogP contribution in [0.2, 0.25) is 0 Å². The molecule has 0 aliphatic heterocycles. The highest BCUT2D eigenvalue weighted by molar-refractivity contribution is 5.29. The van der Waals surface area contributed by atoms with Crippen molar-refractivity contribution >= 4 is 5.82 Å². The van der Waals surface area contributed by atoms with Gasteiger partial charge < -0.3 is 10.8 Å². The number of anilines is 1. The van der Waals surface area contributed by atoms with Crippen molar-refractivity contribution in [1.82, 2.24) is 14.9 Å². The largest absolute Gasteiger partial charge is 0.395 e. The molecule has 0 saturated heterocycles. The van der Waals surface area contributed by atoms with E-state index in [4.69, 9.17) is 10.8 Å². The van der Waals surface area contributed by atoms with Gasteiger partial charge in [-0.3, -0.25) is 4.90 Å². The molecule has 0 unspecified atom stereocenters. The molecule has 3 N–H and O–H groups in total. The molecule has 1 fully saturated rings. The number of nitrogens with zero attached hydrogens (tertiary/aromatic N) is 3. The van der Waals surface area contributed by atoms with Crippen molar-refractivity contribution in [2.75, 3.05) is 18.9 Å². The zero-order valence-electron chi connectivity index (χ0n) is 9.56. The van der Waals surface area contributed by atoms with Crippen molar-refractivity contribution in [3.05, 3.63) is 17.6 Å². The van der Waals surface area contributed by atoms with Crippen LogP contribution in [-0.4, -0.2) is 39.2 Å². The molecule has 0 bridgehead atoms. The molecule has 2 rings (SSSR count). The standard InChI is InChI=1S/C11H18N4O/c1-8-6-10(12)14-11(13-8)7-15(4-5-16)9-2-3-9/h6,9,16H,2-5,7H2,1H3,(H2,12,13,14). The Balaban J connectivity index is 2.05. The van der Waals surface area contributed by atoms with Gasteiger partial charge in [-0.1, -0.05) is 0 Å². The first-order chi connectivity index (χ1) is 7.69. The van der Waals surface area contributed by atoms with Crippen molar-refractivity contribution in [3.63, 3.8) is 0 Å². The highest BCUT2D eigenvalue weighted by Gasteiger charge is 2.29. The minimum atomic E-state index is 0.178. The summed E-state index contributed by atoms with van der Waals surface area (Å²) in [6.07, 6.45) is 2.42. The molecule has 0 aromatic carbocycles. The van der Waals surface area contributed by atoms with Crippen LogP contribution in [0.15, 0.2) is 6.07 Å². The number of rotatable bonds is 5. The molecule has 0 amide bonds. The quantitative estimate of drug-likeness (QED) is 0.750. The Morgan fingerprint density at radius 2 is 2.25 bits per heavy atom. The van der Waals surface area contributed by atoms with Crippen LogP contribution in [-0.2, 0) is 6.54 Å². The van der Waals surface area contributed by atoms with E-state index in [1.807, 2.05) is 6.92 Å². The van der Waals surface area contributed by atoms with Gasteiger partial charge in [-0.05, 0) is 19.8 Å². The second kappa shape index (κ2) is 4.76. The summed E-state index contributed by atoms with van der Waals surface area (Å²) in [6.45, 7) is 3.45. The summed E-state index contributed by atoms with van der Waals surface area (Å²) >= 11 is 0. The van der Waals surface area contributed by atoms with Crippen LogP contribution in [0.5, 0.6) is 0 Å². The number of nitrogen functional groups attached to an aromatic ring is 1. The van der Waals surface area contributed by atoms with Gasteiger partial charge in [0.25, 0.3) is 0 Å². The molecular weight excluding hydrogens is 204 g/mol. The summed E-state index contributed by atoms with van der Waals surface area (Å²) in [4.78, 5) is 10.8. The third kappa shape index (κ3) is 2.90. The molecule has 0 atom stereocenters. The lowest BCUT2D eigenvalue weighted by Crippen LogP contribution is -2.29. The number of aliphatic hydroxyl groups excluding tert-OH is 1. The van der Waals surface area contributed by atoms with Crippen molar-refractivity contribution in [2.24, 2.45) is 0 Å². The van der Waals surface area contributed by atoms with E-state index in [1.165, 1.54) is 12.8 Å². The summed E-state index contributed by atoms with van der Waals surface area (Å²) in [5.74, 6) is 1.26. The van der Waals surface area contributed by atoms with Crippen LogP contribution < -0.4 is 5.73 Å². The second-order valence-electron chi connectivity index (χ2n) is 4.28. The number of aliphatic hydroxyl groups is 1. The maximum absolute atomic E-state index is 8.99. The normalized spacial score (nSPS) is 15.7. The number of hydrogen-bond acceptors (Lipinski definition) is 5. The Kier molecular flexibility index (Phi) is 3.36. The Morgan fingerprint density at radius 1 is 1.50 bits per heavy atom. The maximum atomic E-state index is 8.99. The van der Waals surface area contributed by atoms with Crippen LogP contribution in [0.4, 0.5) is 5.82 Å². The zero-order chi connectivity index (χ0) is 11.5. The van der Waals surface area contributed by atoms with E-state index in [2.05, 4.69) is 14.9 Å². The number of aromatic nitrogens is 2. The third-order valence-corrected chi connectivity index (χ3v) is 2.72. The van der Waals surface area contributed by atoms with Crippen LogP contribution >= 0.6 is 0 Å². The topological polar surface area (TPSA) is 75.3 Å². The molecule has 1 heterocycles. The SMILES string of the molecule is Cc1cc(N)nc(CN(CCO)C2CC2)n1. The van der Waals surface area contributed by atoms with E-state index in [0.717, 1.165) is 11.5 Å². The molecule has 1 aromatic rings. The lowest BCUT2D eigenvalue weighted by molar-refractivity contribution is 0.180. The Hall–Kier alpha value is -1.20.